The molecule has 0 radical (unpaired) electrons. The summed E-state index contributed by atoms with van der Waals surface area (Å²) >= 11 is 0. The maximum absolute atomic E-state index is 10.8. The molecule has 7 nitrogen and oxygen atoms in total. The topological polar surface area (TPSA) is 85.0 Å². The van der Waals surface area contributed by atoms with Crippen LogP contribution in [0.25, 0.3) is 0 Å². The number of nitrogens with zero attached hydrogens (tertiary/aromatic N) is 3. The number of imidazole rings is 1. The molecule has 2 rings (SSSR count). The summed E-state index contributed by atoms with van der Waals surface area (Å²) in [4.78, 5) is 14.5. The molecule has 0 spiro atoms. The summed E-state index contributed by atoms with van der Waals surface area (Å²) < 4.78 is 2.12. The lowest BCUT2D eigenvalue weighted by molar-refractivity contribution is -0.404. The standard InChI is InChI=1S/C16H27N5O2/c1-14-11-17-13-20(14)10-6-5-9-18-16(12-21(22)23)19-15-7-3-2-4-8-15/h11-13,15,18-19H,2-10H2,1H3. The SMILES string of the molecule is Cc1cncn1CCCCNC(=C[N+](=O)[O-])NC1CCCCC1. The molecular formula is C16H27N5O2. The quantitative estimate of drug-likeness (QED) is 0.415. The third kappa shape index (κ3) is 6.30. The molecule has 1 aromatic heterocycles. The van der Waals surface area contributed by atoms with Crippen LogP contribution in [0, 0.1) is 17.0 Å². The zero-order valence-corrected chi connectivity index (χ0v) is 13.8. The first-order valence-electron chi connectivity index (χ1n) is 8.47. The molecular weight excluding hydrogens is 294 g/mol. The molecule has 23 heavy (non-hydrogen) atoms. The zero-order valence-electron chi connectivity index (χ0n) is 13.8. The van der Waals surface area contributed by atoms with E-state index in [4.69, 9.17) is 0 Å². The van der Waals surface area contributed by atoms with Gasteiger partial charge in [-0.15, -0.1) is 0 Å². The molecule has 0 aliphatic heterocycles. The van der Waals surface area contributed by atoms with Crippen LogP contribution < -0.4 is 10.6 Å². The highest BCUT2D eigenvalue weighted by Gasteiger charge is 2.15. The third-order valence-electron chi connectivity index (χ3n) is 4.26. The van der Waals surface area contributed by atoms with Crippen LogP contribution in [0.15, 0.2) is 24.5 Å². The van der Waals surface area contributed by atoms with Crippen molar-refractivity contribution in [3.05, 3.63) is 40.4 Å². The fourth-order valence-electron chi connectivity index (χ4n) is 2.96. The lowest BCUT2D eigenvalue weighted by Crippen LogP contribution is -2.37. The fraction of sp³-hybridized carbons (Fsp3) is 0.688. The van der Waals surface area contributed by atoms with Crippen molar-refractivity contribution in [3.63, 3.8) is 0 Å². The molecule has 0 atom stereocenters. The maximum Gasteiger partial charge on any atom is 0.274 e. The van der Waals surface area contributed by atoms with Crippen LogP contribution in [-0.2, 0) is 6.54 Å². The summed E-state index contributed by atoms with van der Waals surface area (Å²) in [6, 6.07) is 0.357. The molecule has 0 aromatic carbocycles. The van der Waals surface area contributed by atoms with Crippen molar-refractivity contribution in [3.8, 4) is 0 Å². The Bertz CT molecular complexity index is 520. The molecule has 0 amide bonds. The van der Waals surface area contributed by atoms with Gasteiger partial charge in [0.2, 0.25) is 0 Å². The number of hydrogen-bond donors (Lipinski definition) is 2. The fourth-order valence-corrected chi connectivity index (χ4v) is 2.96. The maximum atomic E-state index is 10.8. The van der Waals surface area contributed by atoms with Crippen molar-refractivity contribution >= 4 is 0 Å². The van der Waals surface area contributed by atoms with Gasteiger partial charge in [0.05, 0.1) is 11.3 Å². The molecule has 1 aliphatic carbocycles. The molecule has 0 unspecified atom stereocenters. The van der Waals surface area contributed by atoms with Crippen LogP contribution in [-0.4, -0.2) is 27.1 Å². The normalized spacial score (nSPS) is 16.3. The van der Waals surface area contributed by atoms with E-state index in [2.05, 4.69) is 20.2 Å². The van der Waals surface area contributed by atoms with Gasteiger partial charge >= 0.3 is 0 Å². The largest absolute Gasteiger partial charge is 0.367 e. The minimum absolute atomic E-state index is 0.357. The van der Waals surface area contributed by atoms with Crippen molar-refractivity contribution in [1.82, 2.24) is 20.2 Å². The molecule has 0 saturated heterocycles. The Morgan fingerprint density at radius 2 is 2.22 bits per heavy atom. The molecule has 1 aliphatic rings. The summed E-state index contributed by atoms with van der Waals surface area (Å²) in [6.07, 6.45) is 12.6. The van der Waals surface area contributed by atoms with Crippen LogP contribution in [0.2, 0.25) is 0 Å². The van der Waals surface area contributed by atoms with Crippen molar-refractivity contribution < 1.29 is 4.92 Å². The number of unbranched alkanes of at least 4 members (excludes halogenated alkanes) is 1. The highest BCUT2D eigenvalue weighted by Crippen LogP contribution is 2.18. The predicted octanol–water partition coefficient (Wildman–Crippen LogP) is 2.56. The van der Waals surface area contributed by atoms with Gasteiger partial charge in [0.1, 0.15) is 0 Å². The van der Waals surface area contributed by atoms with E-state index in [0.717, 1.165) is 50.7 Å². The Labute approximate surface area is 137 Å². The number of nitrogens with one attached hydrogen (secondary N) is 2. The number of aryl methyl sites for hydroxylation is 2. The van der Waals surface area contributed by atoms with Crippen LogP contribution in [0.5, 0.6) is 0 Å². The van der Waals surface area contributed by atoms with E-state index in [9.17, 15) is 10.1 Å². The van der Waals surface area contributed by atoms with E-state index in [0.29, 0.717) is 11.9 Å². The van der Waals surface area contributed by atoms with Crippen molar-refractivity contribution in [1.29, 1.82) is 0 Å². The first-order valence-corrected chi connectivity index (χ1v) is 8.47. The number of nitro groups is 1. The second-order valence-corrected chi connectivity index (χ2v) is 6.17. The average molecular weight is 321 g/mol. The second-order valence-electron chi connectivity index (χ2n) is 6.17. The van der Waals surface area contributed by atoms with Gasteiger partial charge in [-0.25, -0.2) is 4.98 Å². The zero-order chi connectivity index (χ0) is 16.5. The van der Waals surface area contributed by atoms with Gasteiger partial charge in [-0.1, -0.05) is 19.3 Å². The highest BCUT2D eigenvalue weighted by molar-refractivity contribution is 4.96. The molecule has 1 saturated carbocycles. The Kier molecular flexibility index (Phi) is 6.90. The van der Waals surface area contributed by atoms with Gasteiger partial charge in [0, 0.05) is 31.0 Å². The van der Waals surface area contributed by atoms with E-state index >= 15 is 0 Å². The van der Waals surface area contributed by atoms with Gasteiger partial charge in [0.25, 0.3) is 6.20 Å². The van der Waals surface area contributed by atoms with Crippen LogP contribution in [0.4, 0.5) is 0 Å². The Hall–Kier alpha value is -2.05. The smallest absolute Gasteiger partial charge is 0.274 e. The van der Waals surface area contributed by atoms with Crippen LogP contribution in [0.1, 0.15) is 50.6 Å². The monoisotopic (exact) mass is 321 g/mol. The highest BCUT2D eigenvalue weighted by atomic mass is 16.6. The number of aromatic nitrogens is 2. The van der Waals surface area contributed by atoms with Gasteiger partial charge < -0.3 is 15.2 Å². The van der Waals surface area contributed by atoms with Crippen LogP contribution in [0.3, 0.4) is 0 Å². The Balaban J connectivity index is 1.70. The molecule has 1 fully saturated rings. The summed E-state index contributed by atoms with van der Waals surface area (Å²) in [5.41, 5.74) is 1.16. The average Bonchev–Trinajstić information content (AvgIpc) is 2.92. The summed E-state index contributed by atoms with van der Waals surface area (Å²) in [6.45, 7) is 3.70. The molecule has 7 heteroatoms. The minimum atomic E-state index is -0.396. The Morgan fingerprint density at radius 3 is 2.87 bits per heavy atom. The first-order chi connectivity index (χ1) is 11.1. The summed E-state index contributed by atoms with van der Waals surface area (Å²) in [5.74, 6) is 0.542. The minimum Gasteiger partial charge on any atom is -0.367 e. The van der Waals surface area contributed by atoms with Crippen LogP contribution >= 0.6 is 0 Å². The van der Waals surface area contributed by atoms with E-state index in [-0.39, 0.29) is 0 Å². The van der Waals surface area contributed by atoms with Crippen molar-refractivity contribution in [2.45, 2.75) is 64.5 Å². The molecule has 128 valence electrons. The lowest BCUT2D eigenvalue weighted by atomic mass is 9.95. The van der Waals surface area contributed by atoms with Crippen molar-refractivity contribution in [2.24, 2.45) is 0 Å². The first kappa shape index (κ1) is 17.3. The second kappa shape index (κ2) is 9.17. The number of hydrogen-bond acceptors (Lipinski definition) is 5. The molecule has 0 bridgehead atoms. The van der Waals surface area contributed by atoms with Gasteiger partial charge in [-0.2, -0.15) is 0 Å². The predicted molar refractivity (Wildman–Crippen MR) is 89.3 cm³/mol. The van der Waals surface area contributed by atoms with Gasteiger partial charge in [0.15, 0.2) is 5.82 Å². The Morgan fingerprint density at radius 1 is 1.43 bits per heavy atom. The van der Waals surface area contributed by atoms with E-state index < -0.39 is 4.92 Å². The molecule has 1 heterocycles. The third-order valence-corrected chi connectivity index (χ3v) is 4.26. The van der Waals surface area contributed by atoms with Crippen molar-refractivity contribution in [2.75, 3.05) is 6.54 Å². The number of rotatable bonds is 9. The van der Waals surface area contributed by atoms with E-state index in [1.54, 1.807) is 0 Å². The van der Waals surface area contributed by atoms with E-state index in [1.165, 1.54) is 19.3 Å². The van der Waals surface area contributed by atoms with Gasteiger partial charge in [-0.05, 0) is 32.6 Å². The summed E-state index contributed by atoms with van der Waals surface area (Å²) in [5, 5.41) is 17.2. The van der Waals surface area contributed by atoms with E-state index in [1.807, 2.05) is 19.4 Å². The molecule has 1 aromatic rings. The van der Waals surface area contributed by atoms with Gasteiger partial charge in [-0.3, -0.25) is 10.1 Å². The summed E-state index contributed by atoms with van der Waals surface area (Å²) in [7, 11) is 0. The lowest BCUT2D eigenvalue weighted by Gasteiger charge is -2.24. The molecule has 2 N–H and O–H groups in total.